The van der Waals surface area contributed by atoms with Crippen LogP contribution in [0.5, 0.6) is 0 Å². The standard InChI is InChI=1S/C14H17IO4/c1-18-13(16)11-8-6-10(7-9-11)4-3-5-12(15)14(17)19-2/h6-9,12H,3-5H2,1-2H3. The van der Waals surface area contributed by atoms with Gasteiger partial charge in [-0.2, -0.15) is 0 Å². The highest BCUT2D eigenvalue weighted by atomic mass is 127. The summed E-state index contributed by atoms with van der Waals surface area (Å²) in [5.41, 5.74) is 1.69. The molecule has 0 saturated heterocycles. The van der Waals surface area contributed by atoms with Gasteiger partial charge in [0.25, 0.3) is 0 Å². The van der Waals surface area contributed by atoms with Crippen molar-refractivity contribution in [1.29, 1.82) is 0 Å². The molecule has 0 saturated carbocycles. The fraction of sp³-hybridized carbons (Fsp3) is 0.429. The van der Waals surface area contributed by atoms with E-state index >= 15 is 0 Å². The highest BCUT2D eigenvalue weighted by molar-refractivity contribution is 14.1. The van der Waals surface area contributed by atoms with Gasteiger partial charge in [0.1, 0.15) is 3.92 Å². The van der Waals surface area contributed by atoms with E-state index in [-0.39, 0.29) is 15.9 Å². The van der Waals surface area contributed by atoms with Crippen molar-refractivity contribution in [3.05, 3.63) is 35.4 Å². The molecule has 1 unspecified atom stereocenters. The average Bonchev–Trinajstić information content (AvgIpc) is 2.46. The van der Waals surface area contributed by atoms with Crippen LogP contribution in [0.1, 0.15) is 28.8 Å². The Balaban J connectivity index is 2.42. The van der Waals surface area contributed by atoms with Crippen LogP contribution in [0.15, 0.2) is 24.3 Å². The zero-order valence-electron chi connectivity index (χ0n) is 11.0. The molecule has 1 aromatic rings. The highest BCUT2D eigenvalue weighted by Crippen LogP contribution is 2.14. The summed E-state index contributed by atoms with van der Waals surface area (Å²) in [7, 11) is 2.77. The second-order valence-corrected chi connectivity index (χ2v) is 5.58. The first-order valence-electron chi connectivity index (χ1n) is 5.97. The highest BCUT2D eigenvalue weighted by Gasteiger charge is 2.14. The lowest BCUT2D eigenvalue weighted by Gasteiger charge is -2.07. The minimum Gasteiger partial charge on any atom is -0.468 e. The predicted octanol–water partition coefficient (Wildman–Crippen LogP) is 2.77. The van der Waals surface area contributed by atoms with Crippen LogP contribution in [0.25, 0.3) is 0 Å². The van der Waals surface area contributed by atoms with Crippen LogP contribution in [0.2, 0.25) is 0 Å². The van der Waals surface area contributed by atoms with E-state index in [0.29, 0.717) is 5.56 Å². The number of alkyl halides is 1. The third-order valence-corrected chi connectivity index (χ3v) is 3.89. The lowest BCUT2D eigenvalue weighted by molar-refractivity contribution is -0.139. The van der Waals surface area contributed by atoms with E-state index in [4.69, 9.17) is 0 Å². The lowest BCUT2D eigenvalue weighted by atomic mass is 10.1. The Morgan fingerprint density at radius 2 is 1.79 bits per heavy atom. The first kappa shape index (κ1) is 15.9. The van der Waals surface area contributed by atoms with Crippen LogP contribution >= 0.6 is 22.6 Å². The average molecular weight is 376 g/mol. The quantitative estimate of drug-likeness (QED) is 0.435. The molecule has 0 bridgehead atoms. The maximum atomic E-state index is 11.3. The molecular formula is C14H17IO4. The maximum Gasteiger partial charge on any atom is 0.337 e. The van der Waals surface area contributed by atoms with Crippen molar-refractivity contribution in [2.24, 2.45) is 0 Å². The summed E-state index contributed by atoms with van der Waals surface area (Å²) in [6, 6.07) is 7.32. The number of hydrogen-bond acceptors (Lipinski definition) is 4. The zero-order chi connectivity index (χ0) is 14.3. The van der Waals surface area contributed by atoms with Crippen molar-refractivity contribution in [1.82, 2.24) is 0 Å². The first-order valence-corrected chi connectivity index (χ1v) is 7.22. The second-order valence-electron chi connectivity index (χ2n) is 4.07. The van der Waals surface area contributed by atoms with Gasteiger partial charge in [0, 0.05) is 0 Å². The van der Waals surface area contributed by atoms with Crippen molar-refractivity contribution < 1.29 is 19.1 Å². The van der Waals surface area contributed by atoms with Crippen molar-refractivity contribution in [3.8, 4) is 0 Å². The van der Waals surface area contributed by atoms with Gasteiger partial charge >= 0.3 is 11.9 Å². The summed E-state index contributed by atoms with van der Waals surface area (Å²) in [5.74, 6) is -0.508. The van der Waals surface area contributed by atoms with E-state index < -0.39 is 0 Å². The van der Waals surface area contributed by atoms with Crippen LogP contribution in [0.3, 0.4) is 0 Å². The van der Waals surface area contributed by atoms with Gasteiger partial charge in [-0.05, 0) is 37.0 Å². The minimum atomic E-state index is -0.329. The van der Waals surface area contributed by atoms with E-state index in [1.807, 2.05) is 12.1 Å². The van der Waals surface area contributed by atoms with Crippen molar-refractivity contribution in [2.45, 2.75) is 23.2 Å². The molecule has 0 N–H and O–H groups in total. The summed E-state index contributed by atoms with van der Waals surface area (Å²) in [5, 5.41) is 0. The lowest BCUT2D eigenvalue weighted by Crippen LogP contribution is -2.15. The Kier molecular flexibility index (Phi) is 6.83. The zero-order valence-corrected chi connectivity index (χ0v) is 13.2. The fourth-order valence-corrected chi connectivity index (χ4v) is 2.35. The normalized spacial score (nSPS) is 11.7. The van der Waals surface area contributed by atoms with Crippen LogP contribution in [-0.4, -0.2) is 30.1 Å². The van der Waals surface area contributed by atoms with E-state index in [0.717, 1.165) is 24.8 Å². The number of aryl methyl sites for hydroxylation is 1. The molecule has 0 spiro atoms. The number of ether oxygens (including phenoxy) is 2. The summed E-state index contributed by atoms with van der Waals surface area (Å²) < 4.78 is 9.21. The van der Waals surface area contributed by atoms with Crippen LogP contribution < -0.4 is 0 Å². The monoisotopic (exact) mass is 376 g/mol. The number of carbonyl (C=O) groups excluding carboxylic acids is 2. The van der Waals surface area contributed by atoms with Gasteiger partial charge in [-0.25, -0.2) is 4.79 Å². The number of halogens is 1. The van der Waals surface area contributed by atoms with Gasteiger partial charge in [-0.15, -0.1) is 0 Å². The Morgan fingerprint density at radius 3 is 2.32 bits per heavy atom. The van der Waals surface area contributed by atoms with Crippen molar-refractivity contribution in [3.63, 3.8) is 0 Å². The Hall–Kier alpha value is -1.11. The third-order valence-electron chi connectivity index (χ3n) is 2.75. The van der Waals surface area contributed by atoms with Crippen LogP contribution in [0, 0.1) is 0 Å². The topological polar surface area (TPSA) is 52.6 Å². The van der Waals surface area contributed by atoms with Crippen molar-refractivity contribution in [2.75, 3.05) is 14.2 Å². The number of hydrogen-bond donors (Lipinski definition) is 0. The largest absolute Gasteiger partial charge is 0.468 e. The van der Waals surface area contributed by atoms with Crippen LogP contribution in [-0.2, 0) is 20.7 Å². The molecule has 1 aromatic carbocycles. The molecule has 0 aliphatic rings. The summed E-state index contributed by atoms with van der Waals surface area (Å²) in [6.07, 6.45) is 2.56. The molecular weight excluding hydrogens is 359 g/mol. The van der Waals surface area contributed by atoms with E-state index in [9.17, 15) is 9.59 Å². The molecule has 1 atom stereocenters. The molecule has 0 aliphatic heterocycles. The first-order chi connectivity index (χ1) is 9.08. The molecule has 19 heavy (non-hydrogen) atoms. The number of esters is 2. The summed E-state index contributed by atoms with van der Waals surface area (Å²) in [4.78, 5) is 22.5. The van der Waals surface area contributed by atoms with Gasteiger partial charge < -0.3 is 9.47 Å². The number of rotatable bonds is 6. The SMILES string of the molecule is COC(=O)c1ccc(CCCC(I)C(=O)OC)cc1. The van der Waals surface area contributed by atoms with Gasteiger partial charge in [-0.1, -0.05) is 34.7 Å². The molecule has 1 rings (SSSR count). The molecule has 5 heteroatoms. The van der Waals surface area contributed by atoms with Gasteiger partial charge in [0.05, 0.1) is 19.8 Å². The fourth-order valence-electron chi connectivity index (χ4n) is 1.66. The predicted molar refractivity (Wildman–Crippen MR) is 80.5 cm³/mol. The molecule has 0 fully saturated rings. The summed E-state index contributed by atoms with van der Waals surface area (Å²) >= 11 is 2.09. The third kappa shape index (κ3) is 5.18. The second kappa shape index (κ2) is 8.14. The van der Waals surface area contributed by atoms with Gasteiger partial charge in [0.2, 0.25) is 0 Å². The van der Waals surface area contributed by atoms with E-state index in [1.54, 1.807) is 12.1 Å². The molecule has 4 nitrogen and oxygen atoms in total. The molecule has 0 aliphatic carbocycles. The van der Waals surface area contributed by atoms with Gasteiger partial charge in [-0.3, -0.25) is 4.79 Å². The smallest absolute Gasteiger partial charge is 0.337 e. The maximum absolute atomic E-state index is 11.3. The Morgan fingerprint density at radius 1 is 1.16 bits per heavy atom. The molecule has 104 valence electrons. The Bertz CT molecular complexity index is 428. The van der Waals surface area contributed by atoms with Crippen molar-refractivity contribution >= 4 is 34.5 Å². The van der Waals surface area contributed by atoms with Crippen LogP contribution in [0.4, 0.5) is 0 Å². The summed E-state index contributed by atoms with van der Waals surface area (Å²) in [6.45, 7) is 0. The number of carbonyl (C=O) groups is 2. The molecule has 0 heterocycles. The number of methoxy groups -OCH3 is 2. The minimum absolute atomic E-state index is 0.100. The molecule has 0 amide bonds. The number of benzene rings is 1. The van der Waals surface area contributed by atoms with Gasteiger partial charge in [0.15, 0.2) is 0 Å². The molecule has 0 radical (unpaired) electrons. The molecule has 0 aromatic heterocycles. The van der Waals surface area contributed by atoms with E-state index in [1.165, 1.54) is 14.2 Å². The Labute approximate surface area is 126 Å². The van der Waals surface area contributed by atoms with E-state index in [2.05, 4.69) is 32.1 Å².